The van der Waals surface area contributed by atoms with Gasteiger partial charge in [0.2, 0.25) is 10.4 Å². The van der Waals surface area contributed by atoms with E-state index in [-0.39, 0.29) is 63.9 Å². The van der Waals surface area contributed by atoms with Crippen molar-refractivity contribution in [1.29, 1.82) is 0 Å². The summed E-state index contributed by atoms with van der Waals surface area (Å²) < 4.78 is 36.9. The Bertz CT molecular complexity index is 480. The molecule has 1 unspecified atom stereocenters. The van der Waals surface area contributed by atoms with Crippen LogP contribution in [0.4, 0.5) is 0 Å². The molecule has 4 nitrogen and oxygen atoms in total. The Hall–Kier alpha value is 1.25. The van der Waals surface area contributed by atoms with Gasteiger partial charge in [0.15, 0.2) is 0 Å². The average Bonchev–Trinajstić information content (AvgIpc) is 2.70. The SMILES string of the molecule is CCCCCCCCC/C=C/C(CCCCCCCCCCCC)COS(=O)(=O)[O-].[K+]. The predicted octanol–water partition coefficient (Wildman–Crippen LogP) is 5.09. The molecule has 0 saturated heterocycles. The zero-order chi connectivity index (χ0) is 22.3. The first kappa shape index (κ1) is 34.4. The molecule has 0 rings (SSSR count). The van der Waals surface area contributed by atoms with Crippen LogP contribution in [0.1, 0.15) is 136 Å². The number of unbranched alkanes of at least 4 members (excludes halogenated alkanes) is 16. The summed E-state index contributed by atoms with van der Waals surface area (Å²) in [5, 5.41) is 0. The van der Waals surface area contributed by atoms with Crippen LogP contribution in [-0.4, -0.2) is 19.6 Å². The molecule has 180 valence electrons. The Balaban J connectivity index is 0. The smallest absolute Gasteiger partial charge is 0.726 e. The van der Waals surface area contributed by atoms with Gasteiger partial charge >= 0.3 is 51.4 Å². The van der Waals surface area contributed by atoms with Gasteiger partial charge in [-0.25, -0.2) is 8.42 Å². The van der Waals surface area contributed by atoms with Gasteiger partial charge in [0.1, 0.15) is 0 Å². The van der Waals surface area contributed by atoms with Crippen molar-refractivity contribution >= 4 is 10.4 Å². The molecule has 0 heterocycles. The fourth-order valence-corrected chi connectivity index (χ4v) is 4.15. The second-order valence-corrected chi connectivity index (χ2v) is 9.81. The first-order chi connectivity index (χ1) is 14.5. The van der Waals surface area contributed by atoms with E-state index >= 15 is 0 Å². The van der Waals surface area contributed by atoms with Crippen LogP contribution < -0.4 is 51.4 Å². The fraction of sp³-hybridized carbons (Fsp3) is 0.920. The van der Waals surface area contributed by atoms with Gasteiger partial charge in [0.05, 0.1) is 6.61 Å². The summed E-state index contributed by atoms with van der Waals surface area (Å²) >= 11 is 0. The van der Waals surface area contributed by atoms with Crippen LogP contribution in [0.25, 0.3) is 0 Å². The number of hydrogen-bond acceptors (Lipinski definition) is 4. The van der Waals surface area contributed by atoms with Crippen LogP contribution in [-0.2, 0) is 14.6 Å². The van der Waals surface area contributed by atoms with E-state index in [2.05, 4.69) is 30.2 Å². The molecule has 0 amide bonds. The number of allylic oxidation sites excluding steroid dienone is 1. The van der Waals surface area contributed by atoms with Crippen LogP contribution in [0.15, 0.2) is 12.2 Å². The molecule has 0 aliphatic heterocycles. The van der Waals surface area contributed by atoms with E-state index in [0.29, 0.717) is 0 Å². The third-order valence-corrected chi connectivity index (χ3v) is 6.16. The quantitative estimate of drug-likeness (QED) is 0.0666. The summed E-state index contributed by atoms with van der Waals surface area (Å²) in [6.07, 6.45) is 27.9. The molecule has 1 atom stereocenters. The van der Waals surface area contributed by atoms with Crippen molar-refractivity contribution in [3.05, 3.63) is 12.2 Å². The number of hydrogen-bond donors (Lipinski definition) is 0. The maximum Gasteiger partial charge on any atom is 1.00 e. The second kappa shape index (κ2) is 25.9. The molecule has 0 radical (unpaired) electrons. The standard InChI is InChI=1S/C25H50O4S.K/c1-3-5-7-9-11-13-15-17-19-21-23-25(24-29-30(26,27)28)22-20-18-16-14-12-10-8-6-4-2;/h20,22,25H,3-19,21,23-24H2,1-2H3,(H,26,27,28);/q;+1/p-1/b22-20+;. The normalized spacial score (nSPS) is 12.9. The molecule has 0 aliphatic rings. The van der Waals surface area contributed by atoms with Crippen molar-refractivity contribution in [2.24, 2.45) is 5.92 Å². The van der Waals surface area contributed by atoms with Gasteiger partial charge in [-0.05, 0) is 19.3 Å². The van der Waals surface area contributed by atoms with Crippen LogP contribution in [0.5, 0.6) is 0 Å². The Labute approximate surface area is 237 Å². The van der Waals surface area contributed by atoms with Crippen molar-refractivity contribution < 1.29 is 68.5 Å². The molecular formula is C25H49KO4S. The zero-order valence-corrected chi connectivity index (χ0v) is 24.9. The molecule has 0 fully saturated rings. The van der Waals surface area contributed by atoms with Crippen molar-refractivity contribution in [3.8, 4) is 0 Å². The molecule has 0 bridgehead atoms. The maximum absolute atomic E-state index is 10.8. The Morgan fingerprint density at radius 2 is 1.13 bits per heavy atom. The minimum atomic E-state index is -4.61. The molecule has 0 aromatic heterocycles. The van der Waals surface area contributed by atoms with Crippen LogP contribution >= 0.6 is 0 Å². The topological polar surface area (TPSA) is 66.4 Å². The average molecular weight is 485 g/mol. The van der Waals surface area contributed by atoms with E-state index in [1.807, 2.05) is 0 Å². The third kappa shape index (κ3) is 29.2. The Morgan fingerprint density at radius 3 is 1.58 bits per heavy atom. The molecule has 0 saturated carbocycles. The summed E-state index contributed by atoms with van der Waals surface area (Å²) in [4.78, 5) is 0. The summed E-state index contributed by atoms with van der Waals surface area (Å²) in [5.41, 5.74) is 0. The van der Waals surface area contributed by atoms with E-state index in [9.17, 15) is 13.0 Å². The van der Waals surface area contributed by atoms with Crippen molar-refractivity contribution in [2.45, 2.75) is 136 Å². The van der Waals surface area contributed by atoms with Crippen LogP contribution in [0.3, 0.4) is 0 Å². The van der Waals surface area contributed by atoms with Gasteiger partial charge in [-0.15, -0.1) is 0 Å². The molecule has 31 heavy (non-hydrogen) atoms. The molecule has 0 aromatic carbocycles. The van der Waals surface area contributed by atoms with E-state index in [1.165, 1.54) is 103 Å². The largest absolute Gasteiger partial charge is 1.00 e. The first-order valence-electron chi connectivity index (χ1n) is 12.8. The minimum absolute atomic E-state index is 0. The fourth-order valence-electron chi connectivity index (χ4n) is 3.81. The van der Waals surface area contributed by atoms with Gasteiger partial charge in [0, 0.05) is 5.92 Å². The number of rotatable bonds is 23. The van der Waals surface area contributed by atoms with Crippen LogP contribution in [0.2, 0.25) is 0 Å². The van der Waals surface area contributed by atoms with Crippen molar-refractivity contribution in [2.75, 3.05) is 6.61 Å². The Morgan fingerprint density at radius 1 is 0.710 bits per heavy atom. The first-order valence-corrected chi connectivity index (χ1v) is 14.1. The van der Waals surface area contributed by atoms with Crippen molar-refractivity contribution in [1.82, 2.24) is 0 Å². The minimum Gasteiger partial charge on any atom is -0.726 e. The zero-order valence-electron chi connectivity index (χ0n) is 20.9. The van der Waals surface area contributed by atoms with Crippen LogP contribution in [0, 0.1) is 5.92 Å². The van der Waals surface area contributed by atoms with Gasteiger partial charge < -0.3 is 4.55 Å². The molecule has 0 spiro atoms. The van der Waals surface area contributed by atoms with Gasteiger partial charge in [-0.2, -0.15) is 0 Å². The summed E-state index contributed by atoms with van der Waals surface area (Å²) in [7, 11) is -4.61. The maximum atomic E-state index is 10.8. The second-order valence-electron chi connectivity index (χ2n) is 8.76. The summed E-state index contributed by atoms with van der Waals surface area (Å²) in [5.74, 6) is 0.0207. The van der Waals surface area contributed by atoms with Gasteiger partial charge in [-0.3, -0.25) is 4.18 Å². The summed E-state index contributed by atoms with van der Waals surface area (Å²) in [6.45, 7) is 4.46. The van der Waals surface area contributed by atoms with E-state index in [0.717, 1.165) is 19.3 Å². The summed E-state index contributed by atoms with van der Waals surface area (Å²) in [6, 6.07) is 0. The van der Waals surface area contributed by atoms with Gasteiger partial charge in [0.25, 0.3) is 0 Å². The van der Waals surface area contributed by atoms with E-state index in [4.69, 9.17) is 0 Å². The van der Waals surface area contributed by atoms with E-state index < -0.39 is 10.4 Å². The molecular weight excluding hydrogens is 435 g/mol. The predicted molar refractivity (Wildman–Crippen MR) is 127 cm³/mol. The molecule has 6 heteroatoms. The van der Waals surface area contributed by atoms with Crippen molar-refractivity contribution in [3.63, 3.8) is 0 Å². The van der Waals surface area contributed by atoms with Gasteiger partial charge in [-0.1, -0.05) is 129 Å². The molecule has 0 aromatic rings. The molecule has 0 aliphatic carbocycles. The van der Waals surface area contributed by atoms with E-state index in [1.54, 1.807) is 0 Å². The molecule has 0 N–H and O–H groups in total. The third-order valence-electron chi connectivity index (χ3n) is 5.74. The Kier molecular flexibility index (Phi) is 28.7. The monoisotopic (exact) mass is 484 g/mol.